The minimum Gasteiger partial charge on any atom is -0.457 e. The highest BCUT2D eigenvalue weighted by Crippen LogP contribution is 2.54. The molecule has 0 atom stereocenters. The summed E-state index contributed by atoms with van der Waals surface area (Å²) in [6.07, 6.45) is 5.05. The first-order valence-corrected chi connectivity index (χ1v) is 14.4. The van der Waals surface area contributed by atoms with E-state index < -0.39 is 5.92 Å². The topological polar surface area (TPSA) is 88.6 Å². The summed E-state index contributed by atoms with van der Waals surface area (Å²) in [7, 11) is 0. The van der Waals surface area contributed by atoms with Crippen LogP contribution in [0.3, 0.4) is 0 Å². The van der Waals surface area contributed by atoms with Crippen LogP contribution in [0.25, 0.3) is 0 Å². The van der Waals surface area contributed by atoms with E-state index in [2.05, 4.69) is 38.1 Å². The van der Waals surface area contributed by atoms with E-state index in [-0.39, 0.29) is 28.3 Å². The molecule has 2 aliphatic carbocycles. The number of benzene rings is 2. The van der Waals surface area contributed by atoms with Crippen molar-refractivity contribution in [2.45, 2.75) is 59.3 Å². The molecule has 3 aromatic rings. The number of nitrogens with one attached hydrogen (secondary N) is 1. The molecule has 1 aliphatic heterocycles. The minimum atomic E-state index is -0.512. The maximum atomic E-state index is 14.0. The van der Waals surface area contributed by atoms with Gasteiger partial charge in [0.05, 0.1) is 0 Å². The molecule has 2 aromatic carbocycles. The molecular weight excluding hydrogens is 526 g/mol. The normalized spacial score (nSPS) is 19.8. The van der Waals surface area contributed by atoms with Gasteiger partial charge in [-0.05, 0) is 65.6 Å². The number of allylic oxidation sites excluding steroid dienone is 4. The zero-order chi connectivity index (χ0) is 29.6. The molecule has 0 fully saturated rings. The van der Waals surface area contributed by atoms with Gasteiger partial charge in [-0.3, -0.25) is 29.8 Å². The van der Waals surface area contributed by atoms with Crippen LogP contribution < -0.4 is 10.2 Å². The number of carbonyl (C=O) groups is 3. The van der Waals surface area contributed by atoms with Gasteiger partial charge in [0, 0.05) is 59.3 Å². The van der Waals surface area contributed by atoms with E-state index in [1.165, 1.54) is 0 Å². The third-order valence-corrected chi connectivity index (χ3v) is 8.26. The standard InChI is InChI=1S/C35H35N3O4/c1-34(2)18-26-31(28(39)20-34)30(22-10-12-25(13-11-22)42-24-8-6-5-7-9-24)32-27(19-35(3,4)21-29(32)40)38(26)37-33(41)23-14-16-36-17-15-23/h5-17,30H,18-21H2,1-4H3,(H,37,41). The van der Waals surface area contributed by atoms with Crippen molar-refractivity contribution in [1.82, 2.24) is 15.4 Å². The second-order valence-electron chi connectivity index (χ2n) is 13.0. The minimum absolute atomic E-state index is 0.00297. The summed E-state index contributed by atoms with van der Waals surface area (Å²) < 4.78 is 6.02. The first-order chi connectivity index (χ1) is 20.0. The highest BCUT2D eigenvalue weighted by atomic mass is 16.5. The van der Waals surface area contributed by atoms with Crippen LogP contribution >= 0.6 is 0 Å². The van der Waals surface area contributed by atoms with Crippen molar-refractivity contribution < 1.29 is 19.1 Å². The van der Waals surface area contributed by atoms with Crippen LogP contribution in [-0.2, 0) is 9.59 Å². The second-order valence-corrected chi connectivity index (χ2v) is 13.0. The molecule has 0 saturated carbocycles. The molecule has 0 saturated heterocycles. The number of Topliss-reactive ketones (excluding diaryl/α,β-unsaturated/α-hetero) is 2. The van der Waals surface area contributed by atoms with Gasteiger partial charge in [-0.2, -0.15) is 0 Å². The summed E-state index contributed by atoms with van der Waals surface area (Å²) in [5, 5.41) is 1.77. The first kappa shape index (κ1) is 27.6. The number of amides is 1. The van der Waals surface area contributed by atoms with Crippen LogP contribution in [0.5, 0.6) is 11.5 Å². The molecule has 1 aromatic heterocycles. The molecule has 214 valence electrons. The monoisotopic (exact) mass is 561 g/mol. The lowest BCUT2D eigenvalue weighted by molar-refractivity contribution is -0.119. The van der Waals surface area contributed by atoms with Gasteiger partial charge in [-0.1, -0.05) is 58.0 Å². The van der Waals surface area contributed by atoms with E-state index >= 15 is 0 Å². The Bertz CT molecular complexity index is 1570. The van der Waals surface area contributed by atoms with Gasteiger partial charge < -0.3 is 4.74 Å². The summed E-state index contributed by atoms with van der Waals surface area (Å²) in [5.74, 6) is 0.576. The Morgan fingerprint density at radius 2 is 1.29 bits per heavy atom. The van der Waals surface area contributed by atoms with Gasteiger partial charge in [0.15, 0.2) is 11.6 Å². The maximum absolute atomic E-state index is 14.0. The van der Waals surface area contributed by atoms with Crippen molar-refractivity contribution in [2.75, 3.05) is 0 Å². The van der Waals surface area contributed by atoms with Crippen LogP contribution in [0.1, 0.15) is 75.2 Å². The van der Waals surface area contributed by atoms with E-state index in [0.29, 0.717) is 48.1 Å². The highest BCUT2D eigenvalue weighted by molar-refractivity contribution is 6.07. The van der Waals surface area contributed by atoms with Crippen molar-refractivity contribution in [3.8, 4) is 11.5 Å². The van der Waals surface area contributed by atoms with E-state index in [9.17, 15) is 14.4 Å². The fourth-order valence-corrected chi connectivity index (χ4v) is 6.46. The number of hydrogen-bond donors (Lipinski definition) is 1. The van der Waals surface area contributed by atoms with Gasteiger partial charge in [-0.15, -0.1) is 0 Å². The van der Waals surface area contributed by atoms with Crippen molar-refractivity contribution >= 4 is 17.5 Å². The molecule has 7 nitrogen and oxygen atoms in total. The lowest BCUT2D eigenvalue weighted by atomic mass is 9.64. The number of aromatic nitrogens is 1. The maximum Gasteiger partial charge on any atom is 0.270 e. The number of ether oxygens (including phenoxy) is 1. The number of ketones is 2. The third-order valence-electron chi connectivity index (χ3n) is 8.26. The Kier molecular flexibility index (Phi) is 6.84. The van der Waals surface area contributed by atoms with Gasteiger partial charge >= 0.3 is 0 Å². The SMILES string of the molecule is CC1(C)CC(=O)C2=C(C1)N(NC(=O)c1ccncc1)C1=C(C(=O)CC(C)(C)C1)C2c1ccc(Oc2ccccc2)cc1. The number of rotatable bonds is 5. The molecule has 6 rings (SSSR count). The van der Waals surface area contributed by atoms with Crippen molar-refractivity contribution in [3.05, 3.63) is 113 Å². The van der Waals surface area contributed by atoms with Crippen LogP contribution in [0, 0.1) is 10.8 Å². The molecule has 0 unspecified atom stereocenters. The molecule has 3 aliphatic rings. The zero-order valence-corrected chi connectivity index (χ0v) is 24.4. The molecule has 1 amide bonds. The Hall–Kier alpha value is -4.52. The van der Waals surface area contributed by atoms with Crippen LogP contribution in [0.4, 0.5) is 0 Å². The van der Waals surface area contributed by atoms with Crippen molar-refractivity contribution in [2.24, 2.45) is 10.8 Å². The van der Waals surface area contributed by atoms with E-state index in [0.717, 1.165) is 22.7 Å². The van der Waals surface area contributed by atoms with Crippen LogP contribution in [0.2, 0.25) is 0 Å². The molecule has 42 heavy (non-hydrogen) atoms. The lowest BCUT2D eigenvalue weighted by Gasteiger charge is -2.48. The van der Waals surface area contributed by atoms with Crippen molar-refractivity contribution in [1.29, 1.82) is 0 Å². The first-order valence-electron chi connectivity index (χ1n) is 14.4. The van der Waals surface area contributed by atoms with Crippen LogP contribution in [0.15, 0.2) is 102 Å². The smallest absolute Gasteiger partial charge is 0.270 e. The Labute approximate surface area is 246 Å². The van der Waals surface area contributed by atoms with E-state index in [4.69, 9.17) is 4.74 Å². The predicted octanol–water partition coefficient (Wildman–Crippen LogP) is 6.90. The van der Waals surface area contributed by atoms with Gasteiger partial charge in [0.2, 0.25) is 0 Å². The molecule has 0 bridgehead atoms. The average molecular weight is 562 g/mol. The highest BCUT2D eigenvalue weighted by Gasteiger charge is 2.49. The van der Waals surface area contributed by atoms with Crippen molar-refractivity contribution in [3.63, 3.8) is 0 Å². The Morgan fingerprint density at radius 1 is 0.762 bits per heavy atom. The fraction of sp³-hybridized carbons (Fsp3) is 0.314. The molecular formula is C35H35N3O4. The van der Waals surface area contributed by atoms with Gasteiger partial charge in [-0.25, -0.2) is 0 Å². The Balaban J connectivity index is 1.48. The number of nitrogens with zero attached hydrogens (tertiary/aromatic N) is 2. The summed E-state index contributed by atoms with van der Waals surface area (Å²) in [4.78, 5) is 45.5. The quantitative estimate of drug-likeness (QED) is 0.364. The Morgan fingerprint density at radius 3 is 1.83 bits per heavy atom. The van der Waals surface area contributed by atoms with E-state index in [1.54, 1.807) is 29.5 Å². The van der Waals surface area contributed by atoms with Gasteiger partial charge in [0.1, 0.15) is 11.5 Å². The van der Waals surface area contributed by atoms with Gasteiger partial charge in [0.25, 0.3) is 5.91 Å². The number of carbonyl (C=O) groups excluding carboxylic acids is 3. The number of hydrazine groups is 1. The average Bonchev–Trinajstić information content (AvgIpc) is 2.94. The lowest BCUT2D eigenvalue weighted by Crippen LogP contribution is -2.50. The summed E-state index contributed by atoms with van der Waals surface area (Å²) in [5.41, 5.74) is 6.49. The predicted molar refractivity (Wildman–Crippen MR) is 159 cm³/mol. The zero-order valence-electron chi connectivity index (χ0n) is 24.4. The number of hydrogen-bond acceptors (Lipinski definition) is 6. The molecule has 0 spiro atoms. The summed E-state index contributed by atoms with van der Waals surface area (Å²) >= 11 is 0. The largest absolute Gasteiger partial charge is 0.457 e. The second kappa shape index (κ2) is 10.4. The molecule has 2 heterocycles. The number of para-hydroxylation sites is 1. The summed E-state index contributed by atoms with van der Waals surface area (Å²) in [6.45, 7) is 8.29. The van der Waals surface area contributed by atoms with E-state index in [1.807, 2.05) is 54.6 Å². The number of pyridine rings is 1. The van der Waals surface area contributed by atoms with Crippen LogP contribution in [-0.4, -0.2) is 27.5 Å². The molecule has 0 radical (unpaired) electrons. The third kappa shape index (κ3) is 5.27. The summed E-state index contributed by atoms with van der Waals surface area (Å²) in [6, 6.07) is 20.5. The fourth-order valence-electron chi connectivity index (χ4n) is 6.46. The molecule has 7 heteroatoms. The molecule has 1 N–H and O–H groups in total.